The Morgan fingerprint density at radius 3 is 2.56 bits per heavy atom. The highest BCUT2D eigenvalue weighted by Crippen LogP contribution is 2.46. The maximum Gasteiger partial charge on any atom is 0.257 e. The summed E-state index contributed by atoms with van der Waals surface area (Å²) >= 11 is 0. The van der Waals surface area contributed by atoms with Crippen molar-refractivity contribution < 1.29 is 17.6 Å². The lowest BCUT2D eigenvalue weighted by Gasteiger charge is -2.11. The number of hydrogen-bond donors (Lipinski definition) is 1. The van der Waals surface area contributed by atoms with E-state index in [0.717, 1.165) is 31.2 Å². The Hall–Kier alpha value is -2.79. The van der Waals surface area contributed by atoms with E-state index in [0.29, 0.717) is 5.69 Å². The van der Waals surface area contributed by atoms with Gasteiger partial charge in [0.25, 0.3) is 5.91 Å². The zero-order valence-corrected chi connectivity index (χ0v) is 14.1. The van der Waals surface area contributed by atoms with E-state index in [2.05, 4.69) is 16.4 Å². The monoisotopic (exact) mass is 359 g/mol. The Balaban J connectivity index is 1.85. The standard InChI is InChI=1S/C17H14FN3O3S/c1-25(23,24)14-8-12(18)3-4-13(14)21-16(22)11-2-5-15(20-9-11)17(10-19)6-7-17/h2-5,8-9H,6-7H2,1H3,(H,21,22). The summed E-state index contributed by atoms with van der Waals surface area (Å²) < 4.78 is 36.8. The molecule has 1 N–H and O–H groups in total. The van der Waals surface area contributed by atoms with Crippen LogP contribution in [0.25, 0.3) is 0 Å². The van der Waals surface area contributed by atoms with Crippen LogP contribution < -0.4 is 5.32 Å². The predicted octanol–water partition coefficient (Wildman–Crippen LogP) is 2.43. The Bertz CT molecular complexity index is 991. The van der Waals surface area contributed by atoms with E-state index in [1.54, 1.807) is 6.07 Å². The minimum Gasteiger partial charge on any atom is -0.321 e. The molecule has 0 bridgehead atoms. The van der Waals surface area contributed by atoms with E-state index in [9.17, 15) is 17.6 Å². The molecule has 128 valence electrons. The van der Waals surface area contributed by atoms with Crippen LogP contribution in [0.2, 0.25) is 0 Å². The third-order valence-electron chi connectivity index (χ3n) is 4.07. The molecule has 1 heterocycles. The molecule has 0 unspecified atom stereocenters. The van der Waals surface area contributed by atoms with Crippen LogP contribution in [0.5, 0.6) is 0 Å². The van der Waals surface area contributed by atoms with Crippen LogP contribution in [0.15, 0.2) is 41.4 Å². The van der Waals surface area contributed by atoms with Gasteiger partial charge in [-0.1, -0.05) is 0 Å². The first-order valence-electron chi connectivity index (χ1n) is 7.44. The summed E-state index contributed by atoms with van der Waals surface area (Å²) in [7, 11) is -3.71. The Labute approximate surface area is 144 Å². The summed E-state index contributed by atoms with van der Waals surface area (Å²) in [4.78, 5) is 16.2. The summed E-state index contributed by atoms with van der Waals surface area (Å²) in [5.74, 6) is -1.28. The molecule has 0 aliphatic heterocycles. The van der Waals surface area contributed by atoms with E-state index in [4.69, 9.17) is 5.26 Å². The van der Waals surface area contributed by atoms with Crippen molar-refractivity contribution in [2.24, 2.45) is 0 Å². The third-order valence-corrected chi connectivity index (χ3v) is 5.21. The molecule has 0 saturated heterocycles. The highest BCUT2D eigenvalue weighted by Gasteiger charge is 2.46. The normalized spacial score (nSPS) is 15.2. The van der Waals surface area contributed by atoms with Crippen molar-refractivity contribution in [1.82, 2.24) is 4.98 Å². The molecule has 0 radical (unpaired) electrons. The average Bonchev–Trinajstić information content (AvgIpc) is 3.37. The highest BCUT2D eigenvalue weighted by molar-refractivity contribution is 7.90. The summed E-state index contributed by atoms with van der Waals surface area (Å²) in [6.45, 7) is 0. The zero-order chi connectivity index (χ0) is 18.2. The molecule has 6 nitrogen and oxygen atoms in total. The minimum absolute atomic E-state index is 0.00587. The van der Waals surface area contributed by atoms with Crippen molar-refractivity contribution in [3.05, 3.63) is 53.6 Å². The number of pyridine rings is 1. The zero-order valence-electron chi connectivity index (χ0n) is 13.3. The first kappa shape index (κ1) is 17.0. The Morgan fingerprint density at radius 2 is 2.04 bits per heavy atom. The summed E-state index contributed by atoms with van der Waals surface area (Å²) in [6, 6.07) is 8.48. The molecule has 2 aromatic rings. The van der Waals surface area contributed by atoms with E-state index in [1.165, 1.54) is 18.3 Å². The topological polar surface area (TPSA) is 99.9 Å². The number of halogens is 1. The van der Waals surface area contributed by atoms with Gasteiger partial charge in [0, 0.05) is 12.5 Å². The molecule has 3 rings (SSSR count). The van der Waals surface area contributed by atoms with Gasteiger partial charge >= 0.3 is 0 Å². The molecular weight excluding hydrogens is 345 g/mol. The number of carbonyl (C=O) groups excluding carboxylic acids is 1. The second-order valence-electron chi connectivity index (χ2n) is 5.99. The molecule has 25 heavy (non-hydrogen) atoms. The molecule has 1 aromatic heterocycles. The molecule has 0 spiro atoms. The Kier molecular flexibility index (Phi) is 4.05. The van der Waals surface area contributed by atoms with Gasteiger partial charge in [0.2, 0.25) is 0 Å². The average molecular weight is 359 g/mol. The van der Waals surface area contributed by atoms with Crippen LogP contribution >= 0.6 is 0 Å². The van der Waals surface area contributed by atoms with Crippen LogP contribution in [0.4, 0.5) is 10.1 Å². The van der Waals surface area contributed by atoms with Crippen LogP contribution in [0.1, 0.15) is 28.9 Å². The van der Waals surface area contributed by atoms with Gasteiger partial charge in [0.15, 0.2) is 9.84 Å². The van der Waals surface area contributed by atoms with E-state index in [1.807, 2.05) is 0 Å². The van der Waals surface area contributed by atoms with Gasteiger partial charge in [-0.25, -0.2) is 12.8 Å². The number of benzene rings is 1. The lowest BCUT2D eigenvalue weighted by Crippen LogP contribution is -2.16. The molecular formula is C17H14FN3O3S. The highest BCUT2D eigenvalue weighted by atomic mass is 32.2. The van der Waals surface area contributed by atoms with Gasteiger partial charge in [-0.3, -0.25) is 9.78 Å². The first-order chi connectivity index (χ1) is 11.7. The lowest BCUT2D eigenvalue weighted by atomic mass is 10.0. The molecule has 0 atom stereocenters. The van der Waals surface area contributed by atoms with Crippen LogP contribution in [-0.4, -0.2) is 25.6 Å². The smallest absolute Gasteiger partial charge is 0.257 e. The van der Waals surface area contributed by atoms with Crippen LogP contribution in [0.3, 0.4) is 0 Å². The van der Waals surface area contributed by atoms with Gasteiger partial charge in [-0.15, -0.1) is 0 Å². The number of rotatable bonds is 4. The molecule has 1 aromatic carbocycles. The maximum absolute atomic E-state index is 13.3. The molecule has 1 saturated carbocycles. The minimum atomic E-state index is -3.71. The summed E-state index contributed by atoms with van der Waals surface area (Å²) in [5.41, 5.74) is 0.273. The molecule has 1 amide bonds. The largest absolute Gasteiger partial charge is 0.321 e. The molecule has 1 aliphatic rings. The van der Waals surface area contributed by atoms with E-state index < -0.39 is 27.0 Å². The van der Waals surface area contributed by atoms with Gasteiger partial charge in [-0.05, 0) is 43.2 Å². The molecule has 1 aliphatic carbocycles. The fourth-order valence-electron chi connectivity index (χ4n) is 2.46. The number of aromatic nitrogens is 1. The number of carbonyl (C=O) groups is 1. The number of nitriles is 1. The molecule has 1 fully saturated rings. The van der Waals surface area contributed by atoms with Crippen molar-refractivity contribution in [1.29, 1.82) is 5.26 Å². The van der Waals surface area contributed by atoms with Crippen molar-refractivity contribution >= 4 is 21.4 Å². The number of amides is 1. The van der Waals surface area contributed by atoms with Gasteiger partial charge in [0.05, 0.1) is 33.3 Å². The predicted molar refractivity (Wildman–Crippen MR) is 88.2 cm³/mol. The summed E-state index contributed by atoms with van der Waals surface area (Å²) in [5, 5.41) is 11.6. The number of nitrogens with zero attached hydrogens (tertiary/aromatic N) is 2. The van der Waals surface area contributed by atoms with Crippen molar-refractivity contribution in [2.45, 2.75) is 23.2 Å². The van der Waals surface area contributed by atoms with Crippen molar-refractivity contribution in [2.75, 3.05) is 11.6 Å². The third kappa shape index (κ3) is 3.37. The first-order valence-corrected chi connectivity index (χ1v) is 9.33. The quantitative estimate of drug-likeness (QED) is 0.904. The number of anilines is 1. The van der Waals surface area contributed by atoms with E-state index in [-0.39, 0.29) is 16.1 Å². The van der Waals surface area contributed by atoms with Crippen molar-refractivity contribution in [3.8, 4) is 6.07 Å². The SMILES string of the molecule is CS(=O)(=O)c1cc(F)ccc1NC(=O)c1ccc(C2(C#N)CC2)nc1. The molecule has 8 heteroatoms. The number of nitrogens with one attached hydrogen (secondary N) is 1. The fraction of sp³-hybridized carbons (Fsp3) is 0.235. The second kappa shape index (κ2) is 5.93. The van der Waals surface area contributed by atoms with E-state index >= 15 is 0 Å². The van der Waals surface area contributed by atoms with Gasteiger partial charge in [0.1, 0.15) is 5.82 Å². The number of sulfone groups is 1. The second-order valence-corrected chi connectivity index (χ2v) is 7.98. The lowest BCUT2D eigenvalue weighted by molar-refractivity contribution is 0.102. The summed E-state index contributed by atoms with van der Waals surface area (Å²) in [6.07, 6.45) is 3.77. The van der Waals surface area contributed by atoms with Crippen LogP contribution in [-0.2, 0) is 15.3 Å². The van der Waals surface area contributed by atoms with Gasteiger partial charge in [-0.2, -0.15) is 5.26 Å². The fourth-order valence-corrected chi connectivity index (χ4v) is 3.31. The number of hydrogen-bond acceptors (Lipinski definition) is 5. The maximum atomic E-state index is 13.3. The van der Waals surface area contributed by atoms with Crippen molar-refractivity contribution in [3.63, 3.8) is 0 Å². The van der Waals surface area contributed by atoms with Gasteiger partial charge < -0.3 is 5.32 Å². The van der Waals surface area contributed by atoms with Crippen LogP contribution in [0, 0.1) is 17.1 Å². The Morgan fingerprint density at radius 1 is 1.32 bits per heavy atom.